The van der Waals surface area contributed by atoms with Crippen molar-refractivity contribution in [2.45, 2.75) is 19.2 Å². The van der Waals surface area contributed by atoms with Crippen LogP contribution in [-0.4, -0.2) is 29.2 Å². The Hall–Kier alpha value is -0.840. The minimum absolute atomic E-state index is 0.245. The second-order valence-electron chi connectivity index (χ2n) is 2.00. The Kier molecular flexibility index (Phi) is 3.25. The number of aliphatic hydroxyl groups is 1. The molecule has 64 valence electrons. The molecule has 0 fully saturated rings. The lowest BCUT2D eigenvalue weighted by atomic mass is 10.1. The predicted molar refractivity (Wildman–Crippen MR) is 32.3 cm³/mol. The quantitative estimate of drug-likeness (QED) is 0.605. The van der Waals surface area contributed by atoms with Gasteiger partial charge in [0.1, 0.15) is 0 Å². The predicted octanol–water partition coefficient (Wildman–Crippen LogP) is 0.162. The number of hydrogen-bond donors (Lipinski definition) is 1. The number of hydrogen-bond acceptors (Lipinski definition) is 3. The normalized spacial score (nSPS) is 15.6. The number of carbonyl (C=O) groups is 2. The van der Waals surface area contributed by atoms with Crippen LogP contribution in [0.1, 0.15) is 13.3 Å². The lowest BCUT2D eigenvalue weighted by Crippen LogP contribution is -2.40. The van der Waals surface area contributed by atoms with Gasteiger partial charge in [0.05, 0.1) is 0 Å². The third-order valence-electron chi connectivity index (χ3n) is 1.10. The van der Waals surface area contributed by atoms with Crippen LogP contribution in [0.3, 0.4) is 0 Å². The van der Waals surface area contributed by atoms with Crippen molar-refractivity contribution in [1.82, 2.24) is 0 Å². The summed E-state index contributed by atoms with van der Waals surface area (Å²) >= 11 is 0. The van der Waals surface area contributed by atoms with Gasteiger partial charge < -0.3 is 5.11 Å². The molecule has 5 heteroatoms. The van der Waals surface area contributed by atoms with Gasteiger partial charge in [0.2, 0.25) is 5.78 Å². The van der Waals surface area contributed by atoms with Gasteiger partial charge in [-0.05, 0) is 0 Å². The maximum Gasteiger partial charge on any atom is 0.302 e. The lowest BCUT2D eigenvalue weighted by molar-refractivity contribution is -0.166. The first kappa shape index (κ1) is 10.2. The van der Waals surface area contributed by atoms with Gasteiger partial charge in [-0.1, -0.05) is 6.92 Å². The fraction of sp³-hybridized carbons (Fsp3) is 0.667. The molecule has 1 unspecified atom stereocenters. The van der Waals surface area contributed by atoms with E-state index in [4.69, 9.17) is 5.11 Å². The van der Waals surface area contributed by atoms with E-state index in [1.165, 1.54) is 6.92 Å². The van der Waals surface area contributed by atoms with Crippen LogP contribution in [0.4, 0.5) is 8.78 Å². The molecule has 1 atom stereocenters. The van der Waals surface area contributed by atoms with Crippen LogP contribution in [0.2, 0.25) is 0 Å². The molecular formula is C6H8F2O3. The Morgan fingerprint density at radius 1 is 1.55 bits per heavy atom. The third-order valence-corrected chi connectivity index (χ3v) is 1.10. The largest absolute Gasteiger partial charge is 0.354 e. The van der Waals surface area contributed by atoms with E-state index in [-0.39, 0.29) is 6.42 Å². The van der Waals surface area contributed by atoms with Crippen molar-refractivity contribution in [3.8, 4) is 0 Å². The summed E-state index contributed by atoms with van der Waals surface area (Å²) in [4.78, 5) is 20.8. The first-order chi connectivity index (χ1) is 4.95. The number of carbonyl (C=O) groups excluding carboxylic acids is 2. The van der Waals surface area contributed by atoms with E-state index in [1.807, 2.05) is 0 Å². The second-order valence-corrected chi connectivity index (χ2v) is 2.00. The van der Waals surface area contributed by atoms with E-state index in [1.54, 1.807) is 0 Å². The monoisotopic (exact) mass is 166 g/mol. The van der Waals surface area contributed by atoms with E-state index in [0.29, 0.717) is 0 Å². The summed E-state index contributed by atoms with van der Waals surface area (Å²) in [6, 6.07) is 0. The van der Waals surface area contributed by atoms with Gasteiger partial charge in [0, 0.05) is 6.42 Å². The molecule has 0 aromatic rings. The fourth-order valence-corrected chi connectivity index (χ4v) is 0.435. The zero-order valence-corrected chi connectivity index (χ0v) is 5.93. The van der Waals surface area contributed by atoms with Crippen LogP contribution in [0.5, 0.6) is 0 Å². The molecule has 0 radical (unpaired) electrons. The van der Waals surface area contributed by atoms with Gasteiger partial charge in [-0.2, -0.15) is 0 Å². The fourth-order valence-electron chi connectivity index (χ4n) is 0.435. The van der Waals surface area contributed by atoms with E-state index in [9.17, 15) is 18.4 Å². The molecule has 0 heterocycles. The van der Waals surface area contributed by atoms with Crippen molar-refractivity contribution >= 4 is 11.6 Å². The molecule has 0 amide bonds. The number of halogens is 2. The zero-order chi connectivity index (χ0) is 9.07. The maximum atomic E-state index is 12.3. The molecule has 0 saturated carbocycles. The van der Waals surface area contributed by atoms with Crippen LogP contribution in [0.15, 0.2) is 0 Å². The van der Waals surface area contributed by atoms with Crippen molar-refractivity contribution in [2.75, 3.05) is 6.67 Å². The summed E-state index contributed by atoms with van der Waals surface area (Å²) in [6.45, 7) is -0.577. The summed E-state index contributed by atoms with van der Waals surface area (Å²) in [5.41, 5.74) is 0. The topological polar surface area (TPSA) is 54.4 Å². The zero-order valence-electron chi connectivity index (χ0n) is 5.93. The molecular weight excluding hydrogens is 158 g/mol. The SMILES string of the molecule is CCC(=O)C(=O)C(O)(F)CF. The van der Waals surface area contributed by atoms with E-state index in [0.717, 1.165) is 0 Å². The minimum atomic E-state index is -3.63. The average molecular weight is 166 g/mol. The van der Waals surface area contributed by atoms with E-state index >= 15 is 0 Å². The molecule has 3 nitrogen and oxygen atoms in total. The average Bonchev–Trinajstić information content (AvgIpc) is 2.01. The van der Waals surface area contributed by atoms with E-state index < -0.39 is 24.1 Å². The summed E-state index contributed by atoms with van der Waals surface area (Å²) in [6.07, 6.45) is -0.245. The van der Waals surface area contributed by atoms with Gasteiger partial charge >= 0.3 is 5.85 Å². The molecule has 11 heavy (non-hydrogen) atoms. The number of alkyl halides is 2. The van der Waals surface area contributed by atoms with Gasteiger partial charge in [-0.3, -0.25) is 9.59 Å². The van der Waals surface area contributed by atoms with Crippen LogP contribution >= 0.6 is 0 Å². The highest BCUT2D eigenvalue weighted by molar-refractivity contribution is 6.39. The Balaban J connectivity index is 4.36. The maximum absolute atomic E-state index is 12.3. The Morgan fingerprint density at radius 3 is 2.27 bits per heavy atom. The summed E-state index contributed by atoms with van der Waals surface area (Å²) in [5.74, 6) is -6.47. The molecule has 0 saturated heterocycles. The highest BCUT2D eigenvalue weighted by atomic mass is 19.2. The molecule has 0 aliphatic rings. The Labute approximate surface area is 62.0 Å². The van der Waals surface area contributed by atoms with Gasteiger partial charge in [-0.25, -0.2) is 8.78 Å². The van der Waals surface area contributed by atoms with Crippen LogP contribution in [0.25, 0.3) is 0 Å². The third kappa shape index (κ3) is 2.34. The molecule has 0 spiro atoms. The Bertz CT molecular complexity index is 177. The smallest absolute Gasteiger partial charge is 0.302 e. The van der Waals surface area contributed by atoms with Crippen molar-refractivity contribution in [2.24, 2.45) is 0 Å². The van der Waals surface area contributed by atoms with Crippen LogP contribution < -0.4 is 0 Å². The van der Waals surface area contributed by atoms with Crippen molar-refractivity contribution in [3.05, 3.63) is 0 Å². The van der Waals surface area contributed by atoms with Crippen LogP contribution in [0, 0.1) is 0 Å². The highest BCUT2D eigenvalue weighted by Gasteiger charge is 2.39. The molecule has 0 aliphatic heterocycles. The molecule has 0 rings (SSSR count). The molecule has 0 aliphatic carbocycles. The van der Waals surface area contributed by atoms with Crippen molar-refractivity contribution in [1.29, 1.82) is 0 Å². The molecule has 0 aromatic carbocycles. The minimum Gasteiger partial charge on any atom is -0.354 e. The molecule has 1 N–H and O–H groups in total. The van der Waals surface area contributed by atoms with Gasteiger partial charge in [-0.15, -0.1) is 0 Å². The van der Waals surface area contributed by atoms with Crippen LogP contribution in [-0.2, 0) is 9.59 Å². The lowest BCUT2D eigenvalue weighted by Gasteiger charge is -2.10. The molecule has 0 bridgehead atoms. The first-order valence-electron chi connectivity index (χ1n) is 3.00. The Morgan fingerprint density at radius 2 is 2.00 bits per heavy atom. The summed E-state index contributed by atoms with van der Waals surface area (Å²) in [7, 11) is 0. The summed E-state index contributed by atoms with van der Waals surface area (Å²) in [5, 5.41) is 8.28. The first-order valence-corrected chi connectivity index (χ1v) is 3.00. The standard InChI is InChI=1S/C6H8F2O3/c1-2-4(9)5(10)6(8,11)3-7/h11H,2-3H2,1H3. The second kappa shape index (κ2) is 3.52. The van der Waals surface area contributed by atoms with Gasteiger partial charge in [0.15, 0.2) is 6.67 Å². The molecule has 0 aromatic heterocycles. The number of ketones is 2. The van der Waals surface area contributed by atoms with Crippen molar-refractivity contribution in [3.63, 3.8) is 0 Å². The number of Topliss-reactive ketones (excluding diaryl/α,β-unsaturated/α-hetero) is 2. The van der Waals surface area contributed by atoms with E-state index in [2.05, 4.69) is 0 Å². The highest BCUT2D eigenvalue weighted by Crippen LogP contribution is 2.10. The number of rotatable bonds is 4. The van der Waals surface area contributed by atoms with Gasteiger partial charge in [0.25, 0.3) is 5.78 Å². The summed E-state index contributed by atoms with van der Waals surface area (Å²) < 4.78 is 23.8. The van der Waals surface area contributed by atoms with Crippen molar-refractivity contribution < 1.29 is 23.5 Å².